The molecule has 0 aliphatic carbocycles. The molecule has 4 rings (SSSR count). The van der Waals surface area contributed by atoms with Crippen molar-refractivity contribution in [1.29, 1.82) is 0 Å². The second-order valence-electron chi connectivity index (χ2n) is 8.07. The van der Waals surface area contributed by atoms with Gasteiger partial charge in [-0.25, -0.2) is 19.6 Å². The molecule has 0 N–H and O–H groups in total. The van der Waals surface area contributed by atoms with Crippen LogP contribution in [-0.4, -0.2) is 44.9 Å². The number of hydrogen-bond donors (Lipinski definition) is 0. The first-order chi connectivity index (χ1) is 16.2. The number of alkyl halides is 3. The van der Waals surface area contributed by atoms with Gasteiger partial charge in [-0.05, 0) is 74.2 Å². The summed E-state index contributed by atoms with van der Waals surface area (Å²) in [5, 5.41) is 4.59. The van der Waals surface area contributed by atoms with E-state index in [0.29, 0.717) is 29.3 Å². The predicted molar refractivity (Wildman–Crippen MR) is 124 cm³/mol. The molecule has 10 heteroatoms. The molecule has 1 aromatic carbocycles. The molecule has 0 unspecified atom stereocenters. The molecule has 1 aliphatic rings. The number of rotatable bonds is 7. The fraction of sp³-hybridized carbons (Fsp3) is 0.333. The molecular weight excluding hydrogens is 445 g/mol. The van der Waals surface area contributed by atoms with E-state index in [1.54, 1.807) is 6.92 Å². The Bertz CT molecular complexity index is 1190. The summed E-state index contributed by atoms with van der Waals surface area (Å²) >= 11 is 0. The third kappa shape index (κ3) is 5.81. The minimum Gasteiger partial charge on any atom is -0.406 e. The highest BCUT2D eigenvalue weighted by Gasteiger charge is 2.31. The summed E-state index contributed by atoms with van der Waals surface area (Å²) in [6.07, 6.45) is -0.542. The smallest absolute Gasteiger partial charge is 0.406 e. The Hall–Kier alpha value is -3.69. The van der Waals surface area contributed by atoms with Crippen LogP contribution in [0.2, 0.25) is 0 Å². The fourth-order valence-electron chi connectivity index (χ4n) is 3.74. The summed E-state index contributed by atoms with van der Waals surface area (Å²) in [7, 11) is 0. The summed E-state index contributed by atoms with van der Waals surface area (Å²) < 4.78 is 42.7. The number of ether oxygens (including phenoxy) is 1. The highest BCUT2D eigenvalue weighted by molar-refractivity contribution is 5.98. The van der Waals surface area contributed by atoms with Crippen molar-refractivity contribution in [2.24, 2.45) is 4.99 Å². The minimum atomic E-state index is -4.73. The van der Waals surface area contributed by atoms with Crippen LogP contribution < -0.4 is 9.64 Å². The molecule has 0 radical (unpaired) electrons. The van der Waals surface area contributed by atoms with Gasteiger partial charge in [0, 0.05) is 19.3 Å². The maximum Gasteiger partial charge on any atom is 0.573 e. The van der Waals surface area contributed by atoms with Crippen LogP contribution in [0.25, 0.3) is 5.70 Å². The van der Waals surface area contributed by atoms with Crippen LogP contribution >= 0.6 is 0 Å². The van der Waals surface area contributed by atoms with Gasteiger partial charge in [0.2, 0.25) is 0 Å². The standard InChI is InChI=1S/C24H25F3N6O/c1-16(20-6-8-21(9-7-20)34-24(25,26)27)29-17(2)23-30-18(3)33(31-23)15-19-10-11-28-22(14-19)32-12-4-5-13-32/h6-11,14H,1,4-5,12-13,15H2,2-3H3. The molecule has 178 valence electrons. The molecule has 0 atom stereocenters. The lowest BCUT2D eigenvalue weighted by molar-refractivity contribution is -0.274. The van der Waals surface area contributed by atoms with Gasteiger partial charge in [-0.3, -0.25) is 0 Å². The first-order valence-corrected chi connectivity index (χ1v) is 10.9. The van der Waals surface area contributed by atoms with Gasteiger partial charge in [-0.1, -0.05) is 6.58 Å². The second kappa shape index (κ2) is 9.66. The average Bonchev–Trinajstić information content (AvgIpc) is 3.44. The number of halogens is 3. The summed E-state index contributed by atoms with van der Waals surface area (Å²) in [6, 6.07) is 9.44. The van der Waals surface area contributed by atoms with Crippen LogP contribution in [0.3, 0.4) is 0 Å². The maximum absolute atomic E-state index is 12.3. The predicted octanol–water partition coefficient (Wildman–Crippen LogP) is 5.01. The van der Waals surface area contributed by atoms with Crippen LogP contribution in [0.15, 0.2) is 54.2 Å². The van der Waals surface area contributed by atoms with Gasteiger partial charge in [-0.15, -0.1) is 18.3 Å². The third-order valence-electron chi connectivity index (χ3n) is 5.48. The van der Waals surface area contributed by atoms with Gasteiger partial charge in [0.15, 0.2) is 5.82 Å². The van der Waals surface area contributed by atoms with Gasteiger partial charge >= 0.3 is 6.36 Å². The topological polar surface area (TPSA) is 68.4 Å². The van der Waals surface area contributed by atoms with Crippen molar-refractivity contribution >= 4 is 17.2 Å². The second-order valence-corrected chi connectivity index (χ2v) is 8.07. The van der Waals surface area contributed by atoms with E-state index in [1.807, 2.05) is 23.9 Å². The average molecular weight is 470 g/mol. The molecule has 3 heterocycles. The van der Waals surface area contributed by atoms with Crippen LogP contribution in [-0.2, 0) is 6.54 Å². The lowest BCUT2D eigenvalue weighted by Crippen LogP contribution is -2.19. The summed E-state index contributed by atoms with van der Waals surface area (Å²) in [6.45, 7) is 10.2. The van der Waals surface area contributed by atoms with Crippen LogP contribution in [0, 0.1) is 6.92 Å². The van der Waals surface area contributed by atoms with E-state index in [-0.39, 0.29) is 5.75 Å². The number of aliphatic imine (C=N–C) groups is 1. The number of aromatic nitrogens is 4. The van der Waals surface area contributed by atoms with E-state index in [2.05, 4.69) is 42.3 Å². The van der Waals surface area contributed by atoms with E-state index in [1.165, 1.54) is 37.1 Å². The molecule has 3 aromatic rings. The van der Waals surface area contributed by atoms with Crippen LogP contribution in [0.1, 0.15) is 42.5 Å². The van der Waals surface area contributed by atoms with Crippen molar-refractivity contribution in [3.8, 4) is 5.75 Å². The highest BCUT2D eigenvalue weighted by atomic mass is 19.4. The van der Waals surface area contributed by atoms with E-state index >= 15 is 0 Å². The first-order valence-electron chi connectivity index (χ1n) is 10.9. The molecule has 2 aromatic heterocycles. The Balaban J connectivity index is 1.46. The van der Waals surface area contributed by atoms with Crippen molar-refractivity contribution in [2.45, 2.75) is 39.6 Å². The molecule has 1 saturated heterocycles. The van der Waals surface area contributed by atoms with Gasteiger partial charge in [0.05, 0.1) is 18.0 Å². The van der Waals surface area contributed by atoms with Crippen molar-refractivity contribution in [3.05, 3.63) is 71.9 Å². The van der Waals surface area contributed by atoms with Gasteiger partial charge < -0.3 is 9.64 Å². The highest BCUT2D eigenvalue weighted by Crippen LogP contribution is 2.25. The molecule has 1 aliphatic heterocycles. The number of benzene rings is 1. The summed E-state index contributed by atoms with van der Waals surface area (Å²) in [5.74, 6) is 1.88. The Morgan fingerprint density at radius 1 is 1.15 bits per heavy atom. The molecule has 0 spiro atoms. The van der Waals surface area contributed by atoms with Crippen LogP contribution in [0.4, 0.5) is 19.0 Å². The Kier molecular flexibility index (Phi) is 6.67. The van der Waals surface area contributed by atoms with E-state index in [0.717, 1.165) is 30.3 Å². The molecule has 0 amide bonds. The van der Waals surface area contributed by atoms with Crippen LogP contribution in [0.5, 0.6) is 5.75 Å². The molecule has 0 bridgehead atoms. The minimum absolute atomic E-state index is 0.301. The lowest BCUT2D eigenvalue weighted by atomic mass is 10.1. The molecule has 0 saturated carbocycles. The largest absolute Gasteiger partial charge is 0.573 e. The number of hydrogen-bond acceptors (Lipinski definition) is 6. The van der Waals surface area contributed by atoms with Gasteiger partial charge in [-0.2, -0.15) is 0 Å². The number of aryl methyl sites for hydroxylation is 1. The third-order valence-corrected chi connectivity index (χ3v) is 5.48. The lowest BCUT2D eigenvalue weighted by Gasteiger charge is -2.16. The molecule has 7 nitrogen and oxygen atoms in total. The SMILES string of the molecule is C=C(N=C(C)c1nc(C)n(Cc2ccnc(N3CCCC3)c2)n1)c1ccc(OC(F)(F)F)cc1. The zero-order valence-corrected chi connectivity index (χ0v) is 19.0. The monoisotopic (exact) mass is 470 g/mol. The summed E-state index contributed by atoms with van der Waals surface area (Å²) in [4.78, 5) is 15.7. The Morgan fingerprint density at radius 2 is 1.85 bits per heavy atom. The zero-order chi connectivity index (χ0) is 24.3. The number of pyridine rings is 1. The van der Waals surface area contributed by atoms with Crippen molar-refractivity contribution in [1.82, 2.24) is 19.7 Å². The fourth-order valence-corrected chi connectivity index (χ4v) is 3.74. The summed E-state index contributed by atoms with van der Waals surface area (Å²) in [5.41, 5.74) is 2.58. The Labute approximate surface area is 195 Å². The molecule has 34 heavy (non-hydrogen) atoms. The van der Waals surface area contributed by atoms with E-state index in [4.69, 9.17) is 0 Å². The van der Waals surface area contributed by atoms with E-state index in [9.17, 15) is 13.2 Å². The maximum atomic E-state index is 12.3. The zero-order valence-electron chi connectivity index (χ0n) is 19.0. The number of nitrogens with zero attached hydrogens (tertiary/aromatic N) is 6. The number of anilines is 1. The normalized spacial score (nSPS) is 14.5. The first kappa shape index (κ1) is 23.5. The van der Waals surface area contributed by atoms with Crippen molar-refractivity contribution < 1.29 is 17.9 Å². The van der Waals surface area contributed by atoms with Gasteiger partial charge in [0.1, 0.15) is 17.4 Å². The molecule has 1 fully saturated rings. The Morgan fingerprint density at radius 3 is 2.53 bits per heavy atom. The molecular formula is C24H25F3N6O. The van der Waals surface area contributed by atoms with Crippen molar-refractivity contribution in [2.75, 3.05) is 18.0 Å². The van der Waals surface area contributed by atoms with E-state index < -0.39 is 6.36 Å². The van der Waals surface area contributed by atoms with Crippen molar-refractivity contribution in [3.63, 3.8) is 0 Å². The quantitative estimate of drug-likeness (QED) is 0.454. The van der Waals surface area contributed by atoms with Gasteiger partial charge in [0.25, 0.3) is 0 Å².